The van der Waals surface area contributed by atoms with E-state index in [0.717, 1.165) is 19.3 Å². The molecule has 0 unspecified atom stereocenters. The van der Waals surface area contributed by atoms with Gasteiger partial charge in [-0.05, 0) is 19.4 Å². The molecule has 68 valence electrons. The Morgan fingerprint density at radius 1 is 1.18 bits per heavy atom. The topological polar surface area (TPSA) is 12.0 Å². The molecule has 1 nitrogen and oxygen atoms in total. The van der Waals surface area contributed by atoms with E-state index in [2.05, 4.69) is 5.32 Å². The Morgan fingerprint density at radius 3 is 2.45 bits per heavy atom. The minimum atomic E-state index is -2.23. The molecule has 0 atom stereocenters. The minimum Gasteiger partial charge on any atom is -0.311 e. The van der Waals surface area contributed by atoms with Crippen molar-refractivity contribution in [1.29, 1.82) is 0 Å². The van der Waals surface area contributed by atoms with Gasteiger partial charge in [0.25, 0.3) is 6.43 Å². The van der Waals surface area contributed by atoms with Crippen LogP contribution in [-0.2, 0) is 0 Å². The highest BCUT2D eigenvalue weighted by atomic mass is 35.5. The summed E-state index contributed by atoms with van der Waals surface area (Å²) in [6.07, 6.45) is 0.680. The summed E-state index contributed by atoms with van der Waals surface area (Å²) in [5.74, 6) is 0.662. The molecule has 0 aliphatic heterocycles. The van der Waals surface area contributed by atoms with Gasteiger partial charge in [-0.2, -0.15) is 0 Å². The van der Waals surface area contributed by atoms with Crippen molar-refractivity contribution in [3.8, 4) is 0 Å². The number of halogens is 3. The Balaban J connectivity index is 2.80. The molecule has 0 saturated heterocycles. The SMILES string of the molecule is FC(F)CNCCCCCCl. The van der Waals surface area contributed by atoms with Crippen LogP contribution in [-0.4, -0.2) is 25.4 Å². The van der Waals surface area contributed by atoms with Crippen LogP contribution < -0.4 is 5.32 Å². The summed E-state index contributed by atoms with van der Waals surface area (Å²) in [6, 6.07) is 0. The highest BCUT2D eigenvalue weighted by Gasteiger charge is 1.98. The molecule has 0 saturated carbocycles. The molecular formula is C7H14ClF2N. The van der Waals surface area contributed by atoms with Gasteiger partial charge in [0.2, 0.25) is 0 Å². The van der Waals surface area contributed by atoms with E-state index >= 15 is 0 Å². The maximum absolute atomic E-state index is 11.5. The molecular weight excluding hydrogens is 172 g/mol. The van der Waals surface area contributed by atoms with Gasteiger partial charge in [0.05, 0.1) is 6.54 Å². The molecule has 0 rings (SSSR count). The number of rotatable bonds is 7. The minimum absolute atomic E-state index is 0.194. The van der Waals surface area contributed by atoms with Crippen molar-refractivity contribution < 1.29 is 8.78 Å². The molecule has 0 aromatic rings. The molecule has 0 fully saturated rings. The van der Waals surface area contributed by atoms with E-state index in [1.165, 1.54) is 0 Å². The fraction of sp³-hybridized carbons (Fsp3) is 1.00. The van der Waals surface area contributed by atoms with Crippen LogP contribution in [0.3, 0.4) is 0 Å². The molecule has 0 bridgehead atoms. The van der Waals surface area contributed by atoms with E-state index < -0.39 is 6.43 Å². The van der Waals surface area contributed by atoms with Crippen molar-refractivity contribution in [2.24, 2.45) is 0 Å². The number of hydrogen-bond acceptors (Lipinski definition) is 1. The largest absolute Gasteiger partial charge is 0.311 e. The average Bonchev–Trinajstić information content (AvgIpc) is 1.96. The van der Waals surface area contributed by atoms with Crippen LogP contribution in [0.4, 0.5) is 8.78 Å². The summed E-state index contributed by atoms with van der Waals surface area (Å²) in [5, 5.41) is 2.65. The van der Waals surface area contributed by atoms with Gasteiger partial charge in [0, 0.05) is 5.88 Å². The molecule has 4 heteroatoms. The molecule has 0 aliphatic rings. The van der Waals surface area contributed by atoms with Gasteiger partial charge in [0.1, 0.15) is 0 Å². The van der Waals surface area contributed by atoms with Gasteiger partial charge < -0.3 is 5.32 Å². The van der Waals surface area contributed by atoms with Crippen LogP contribution in [0.2, 0.25) is 0 Å². The first-order valence-electron chi connectivity index (χ1n) is 3.82. The van der Waals surface area contributed by atoms with Crippen LogP contribution in [0.5, 0.6) is 0 Å². The highest BCUT2D eigenvalue weighted by molar-refractivity contribution is 6.17. The molecule has 0 aromatic carbocycles. The van der Waals surface area contributed by atoms with Crippen molar-refractivity contribution >= 4 is 11.6 Å². The standard InChI is InChI=1S/C7H14ClF2N/c8-4-2-1-3-5-11-6-7(9)10/h7,11H,1-6H2. The Morgan fingerprint density at radius 2 is 1.91 bits per heavy atom. The van der Waals surface area contributed by atoms with E-state index in [0.29, 0.717) is 12.4 Å². The lowest BCUT2D eigenvalue weighted by Crippen LogP contribution is -2.22. The molecule has 0 radical (unpaired) electrons. The summed E-state index contributed by atoms with van der Waals surface area (Å²) < 4.78 is 23.1. The average molecular weight is 186 g/mol. The molecule has 0 amide bonds. The quantitative estimate of drug-likeness (QED) is 0.474. The summed E-state index contributed by atoms with van der Waals surface area (Å²) >= 11 is 5.42. The molecule has 0 aliphatic carbocycles. The first-order valence-corrected chi connectivity index (χ1v) is 4.35. The van der Waals surface area contributed by atoms with Crippen LogP contribution in [0.15, 0.2) is 0 Å². The second-order valence-electron chi connectivity index (χ2n) is 2.34. The van der Waals surface area contributed by atoms with Crippen molar-refractivity contribution in [3.63, 3.8) is 0 Å². The van der Waals surface area contributed by atoms with Gasteiger partial charge in [-0.1, -0.05) is 6.42 Å². The first-order chi connectivity index (χ1) is 5.27. The molecule has 1 N–H and O–H groups in total. The second-order valence-corrected chi connectivity index (χ2v) is 2.72. The Bertz CT molecular complexity index is 80.8. The third kappa shape index (κ3) is 10.1. The third-order valence-corrected chi connectivity index (χ3v) is 1.55. The second kappa shape index (κ2) is 8.21. The van der Waals surface area contributed by atoms with E-state index in [1.807, 2.05) is 0 Å². The van der Waals surface area contributed by atoms with Crippen LogP contribution in [0, 0.1) is 0 Å². The summed E-state index contributed by atoms with van der Waals surface area (Å²) in [5.41, 5.74) is 0. The van der Waals surface area contributed by atoms with Gasteiger partial charge in [0.15, 0.2) is 0 Å². The zero-order valence-electron chi connectivity index (χ0n) is 6.45. The lowest BCUT2D eigenvalue weighted by molar-refractivity contribution is 0.146. The van der Waals surface area contributed by atoms with Gasteiger partial charge >= 0.3 is 0 Å². The number of alkyl halides is 3. The van der Waals surface area contributed by atoms with Gasteiger partial charge in [-0.15, -0.1) is 11.6 Å². The smallest absolute Gasteiger partial charge is 0.250 e. The first kappa shape index (κ1) is 11.1. The predicted octanol–water partition coefficient (Wildman–Crippen LogP) is 2.25. The zero-order chi connectivity index (χ0) is 8.53. The van der Waals surface area contributed by atoms with Crippen LogP contribution >= 0.6 is 11.6 Å². The van der Waals surface area contributed by atoms with Gasteiger partial charge in [-0.25, -0.2) is 8.78 Å². The van der Waals surface area contributed by atoms with E-state index in [1.54, 1.807) is 0 Å². The van der Waals surface area contributed by atoms with Crippen LogP contribution in [0.25, 0.3) is 0 Å². The number of nitrogens with one attached hydrogen (secondary N) is 1. The Kier molecular flexibility index (Phi) is 8.29. The third-order valence-electron chi connectivity index (χ3n) is 1.29. The van der Waals surface area contributed by atoms with E-state index in [-0.39, 0.29) is 6.54 Å². The molecule has 0 aromatic heterocycles. The number of hydrogen-bond donors (Lipinski definition) is 1. The van der Waals surface area contributed by atoms with E-state index in [9.17, 15) is 8.78 Å². The van der Waals surface area contributed by atoms with Gasteiger partial charge in [-0.3, -0.25) is 0 Å². The zero-order valence-corrected chi connectivity index (χ0v) is 7.21. The monoisotopic (exact) mass is 185 g/mol. The van der Waals surface area contributed by atoms with Crippen molar-refractivity contribution in [2.75, 3.05) is 19.0 Å². The lowest BCUT2D eigenvalue weighted by Gasteiger charge is -2.02. The fourth-order valence-electron chi connectivity index (χ4n) is 0.732. The Labute approximate surface area is 71.1 Å². The fourth-order valence-corrected chi connectivity index (χ4v) is 0.921. The Hall–Kier alpha value is 0.110. The van der Waals surface area contributed by atoms with Crippen molar-refractivity contribution in [3.05, 3.63) is 0 Å². The molecule has 11 heavy (non-hydrogen) atoms. The lowest BCUT2D eigenvalue weighted by atomic mass is 10.2. The number of unbranched alkanes of at least 4 members (excludes halogenated alkanes) is 2. The van der Waals surface area contributed by atoms with Crippen molar-refractivity contribution in [2.45, 2.75) is 25.7 Å². The summed E-state index contributed by atoms with van der Waals surface area (Å²) in [4.78, 5) is 0. The predicted molar refractivity (Wildman–Crippen MR) is 43.4 cm³/mol. The molecule has 0 heterocycles. The van der Waals surface area contributed by atoms with Crippen molar-refractivity contribution in [1.82, 2.24) is 5.32 Å². The summed E-state index contributed by atoms with van der Waals surface area (Å²) in [6.45, 7) is 0.474. The highest BCUT2D eigenvalue weighted by Crippen LogP contribution is 1.95. The van der Waals surface area contributed by atoms with E-state index in [4.69, 9.17) is 11.6 Å². The normalized spacial score (nSPS) is 10.9. The maximum Gasteiger partial charge on any atom is 0.250 e. The summed E-state index contributed by atoms with van der Waals surface area (Å²) in [7, 11) is 0. The maximum atomic E-state index is 11.5. The molecule has 0 spiro atoms. The van der Waals surface area contributed by atoms with Crippen LogP contribution in [0.1, 0.15) is 19.3 Å².